The molecule has 0 amide bonds. The van der Waals surface area contributed by atoms with Gasteiger partial charge in [0.25, 0.3) is 0 Å². The summed E-state index contributed by atoms with van der Waals surface area (Å²) in [6, 6.07) is 0. The maximum atomic E-state index is 5.38. The summed E-state index contributed by atoms with van der Waals surface area (Å²) in [4.78, 5) is 0. The first-order valence-electron chi connectivity index (χ1n) is 3.86. The molecule has 2 fully saturated rings. The molecule has 1 saturated carbocycles. The molecule has 1 nitrogen and oxygen atoms in total. The molecule has 1 heteroatoms. The highest BCUT2D eigenvalue weighted by Crippen LogP contribution is 2.38. The molecule has 0 N–H and O–H groups in total. The van der Waals surface area contributed by atoms with Crippen molar-refractivity contribution in [3.63, 3.8) is 0 Å². The van der Waals surface area contributed by atoms with Gasteiger partial charge in [0, 0.05) is 0 Å². The number of hydrogen-bond donors (Lipinski definition) is 0. The Balaban J connectivity index is 1.99. The molecular weight excluding hydrogens is 124 g/mol. The van der Waals surface area contributed by atoms with Crippen molar-refractivity contribution in [3.05, 3.63) is 24.3 Å². The molecule has 2 aliphatic rings. The summed E-state index contributed by atoms with van der Waals surface area (Å²) in [6.45, 7) is 3.68. The summed E-state index contributed by atoms with van der Waals surface area (Å²) in [7, 11) is 0. The van der Waals surface area contributed by atoms with Crippen LogP contribution in [0.5, 0.6) is 0 Å². The summed E-state index contributed by atoms with van der Waals surface area (Å²) < 4.78 is 5.38. The summed E-state index contributed by atoms with van der Waals surface area (Å²) >= 11 is 0. The molecule has 1 aliphatic heterocycles. The predicted molar refractivity (Wildman–Crippen MR) is 40.8 cm³/mol. The average Bonchev–Trinajstić information content (AvgIpc) is 2.66. The summed E-state index contributed by atoms with van der Waals surface area (Å²) in [6.07, 6.45) is 8.77. The Labute approximate surface area is 61.4 Å². The van der Waals surface area contributed by atoms with E-state index in [0.29, 0.717) is 12.2 Å². The van der Waals surface area contributed by atoms with Crippen molar-refractivity contribution in [1.82, 2.24) is 0 Å². The Bertz CT molecular complexity index is 181. The van der Waals surface area contributed by atoms with Gasteiger partial charge in [-0.15, -0.1) is 0 Å². The second-order valence-electron chi connectivity index (χ2n) is 3.02. The van der Waals surface area contributed by atoms with E-state index in [9.17, 15) is 0 Å². The highest BCUT2D eigenvalue weighted by atomic mass is 16.6. The summed E-state index contributed by atoms with van der Waals surface area (Å²) in [5.74, 6) is 0. The largest absolute Gasteiger partial charge is 0.369 e. The van der Waals surface area contributed by atoms with Crippen LogP contribution in [0.1, 0.15) is 19.3 Å². The predicted octanol–water partition coefficient (Wildman–Crippen LogP) is 2.05. The van der Waals surface area contributed by atoms with Crippen molar-refractivity contribution in [3.8, 4) is 0 Å². The van der Waals surface area contributed by atoms with Crippen molar-refractivity contribution in [2.24, 2.45) is 0 Å². The second kappa shape index (κ2) is 2.24. The van der Waals surface area contributed by atoms with E-state index >= 15 is 0 Å². The number of allylic oxidation sites excluding steroid dienone is 2. The van der Waals surface area contributed by atoms with Crippen LogP contribution in [0, 0.1) is 0 Å². The van der Waals surface area contributed by atoms with E-state index in [0.717, 1.165) is 6.42 Å². The number of fused-ring (bicyclic) bond motifs is 1. The first-order chi connectivity index (χ1) is 4.90. The Morgan fingerprint density at radius 3 is 3.10 bits per heavy atom. The molecule has 0 spiro atoms. The highest BCUT2D eigenvalue weighted by Gasteiger charge is 2.41. The number of epoxide rings is 1. The lowest BCUT2D eigenvalue weighted by atomic mass is 9.95. The number of ether oxygens (including phenoxy) is 1. The normalized spacial score (nSPS) is 41.0. The highest BCUT2D eigenvalue weighted by molar-refractivity contribution is 5.17. The van der Waals surface area contributed by atoms with Gasteiger partial charge in [-0.1, -0.05) is 24.3 Å². The Morgan fingerprint density at radius 2 is 2.40 bits per heavy atom. The smallest absolute Gasteiger partial charge is 0.0879 e. The molecule has 1 aliphatic carbocycles. The van der Waals surface area contributed by atoms with E-state index in [-0.39, 0.29) is 0 Å². The molecule has 2 unspecified atom stereocenters. The molecule has 1 heterocycles. The zero-order chi connectivity index (χ0) is 6.97. The zero-order valence-electron chi connectivity index (χ0n) is 6.05. The molecule has 0 radical (unpaired) electrons. The van der Waals surface area contributed by atoms with Gasteiger partial charge in [-0.25, -0.2) is 0 Å². The second-order valence-corrected chi connectivity index (χ2v) is 3.02. The third-order valence-electron chi connectivity index (χ3n) is 2.25. The first kappa shape index (κ1) is 6.17. The van der Waals surface area contributed by atoms with Gasteiger partial charge in [-0.2, -0.15) is 0 Å². The molecule has 1 saturated heterocycles. The molecule has 54 valence electrons. The van der Waals surface area contributed by atoms with Crippen LogP contribution >= 0.6 is 0 Å². The molecule has 0 aromatic heterocycles. The van der Waals surface area contributed by atoms with Crippen molar-refractivity contribution < 1.29 is 4.74 Å². The van der Waals surface area contributed by atoms with Crippen molar-refractivity contribution in [2.45, 2.75) is 31.5 Å². The summed E-state index contributed by atoms with van der Waals surface area (Å²) in [5, 5.41) is 0. The van der Waals surface area contributed by atoms with Crippen LogP contribution in [0.4, 0.5) is 0 Å². The quantitative estimate of drug-likeness (QED) is 0.502. The van der Waals surface area contributed by atoms with E-state index in [4.69, 9.17) is 4.74 Å². The van der Waals surface area contributed by atoms with Crippen molar-refractivity contribution in [2.75, 3.05) is 0 Å². The zero-order valence-corrected chi connectivity index (χ0v) is 6.05. The number of hydrogen-bond acceptors (Lipinski definition) is 1. The van der Waals surface area contributed by atoms with Gasteiger partial charge in [-0.05, 0) is 19.3 Å². The van der Waals surface area contributed by atoms with E-state index in [1.54, 1.807) is 0 Å². The fraction of sp³-hybridized carbons (Fsp3) is 0.556. The van der Waals surface area contributed by atoms with Gasteiger partial charge < -0.3 is 4.74 Å². The Hall–Kier alpha value is -0.560. The molecule has 0 aromatic carbocycles. The molecule has 10 heavy (non-hydrogen) atoms. The third-order valence-corrected chi connectivity index (χ3v) is 2.25. The number of rotatable bonds is 1. The van der Waals surface area contributed by atoms with Crippen molar-refractivity contribution in [1.29, 1.82) is 0 Å². The van der Waals surface area contributed by atoms with Crippen molar-refractivity contribution >= 4 is 0 Å². The fourth-order valence-corrected chi connectivity index (χ4v) is 1.62. The SMILES string of the molecule is C=CC=C1CCC2OC2C1. The van der Waals surface area contributed by atoms with Gasteiger partial charge in [0.2, 0.25) is 0 Å². The maximum absolute atomic E-state index is 5.38. The molecular formula is C9H12O. The van der Waals surface area contributed by atoms with Crippen LogP contribution in [0.2, 0.25) is 0 Å². The topological polar surface area (TPSA) is 12.5 Å². The van der Waals surface area contributed by atoms with E-state index in [2.05, 4.69) is 12.7 Å². The average molecular weight is 136 g/mol. The monoisotopic (exact) mass is 136 g/mol. The lowest BCUT2D eigenvalue weighted by Crippen LogP contribution is -2.03. The van der Waals surface area contributed by atoms with Crippen LogP contribution in [0.3, 0.4) is 0 Å². The Morgan fingerprint density at radius 1 is 1.50 bits per heavy atom. The van der Waals surface area contributed by atoms with Gasteiger partial charge in [-0.3, -0.25) is 0 Å². The minimum absolute atomic E-state index is 0.569. The lowest BCUT2D eigenvalue weighted by molar-refractivity contribution is 0.374. The van der Waals surface area contributed by atoms with Gasteiger partial charge in [0.1, 0.15) is 0 Å². The fourth-order valence-electron chi connectivity index (χ4n) is 1.62. The van der Waals surface area contributed by atoms with E-state index < -0.39 is 0 Å². The molecule has 2 atom stereocenters. The standard InChI is InChI=1S/C9H12O/c1-2-3-7-4-5-8-9(6-7)10-8/h2-3,8-9H,1,4-6H2. The van der Waals surface area contributed by atoms with Crippen LogP contribution in [0.25, 0.3) is 0 Å². The van der Waals surface area contributed by atoms with Crippen LogP contribution in [-0.2, 0) is 4.74 Å². The maximum Gasteiger partial charge on any atom is 0.0879 e. The van der Waals surface area contributed by atoms with E-state index in [1.807, 2.05) is 6.08 Å². The van der Waals surface area contributed by atoms with Gasteiger partial charge >= 0.3 is 0 Å². The van der Waals surface area contributed by atoms with Crippen LogP contribution < -0.4 is 0 Å². The minimum atomic E-state index is 0.569. The molecule has 0 aromatic rings. The van der Waals surface area contributed by atoms with Crippen LogP contribution in [-0.4, -0.2) is 12.2 Å². The van der Waals surface area contributed by atoms with E-state index in [1.165, 1.54) is 18.4 Å². The minimum Gasteiger partial charge on any atom is -0.369 e. The first-order valence-corrected chi connectivity index (χ1v) is 3.86. The third kappa shape index (κ3) is 1.01. The molecule has 2 rings (SSSR count). The van der Waals surface area contributed by atoms with Gasteiger partial charge in [0.05, 0.1) is 12.2 Å². The Kier molecular flexibility index (Phi) is 1.38. The van der Waals surface area contributed by atoms with Gasteiger partial charge in [0.15, 0.2) is 0 Å². The molecule has 0 bridgehead atoms. The summed E-state index contributed by atoms with van der Waals surface area (Å²) in [5.41, 5.74) is 1.51. The van der Waals surface area contributed by atoms with Crippen LogP contribution in [0.15, 0.2) is 24.3 Å². The lowest BCUT2D eigenvalue weighted by Gasteiger charge is -2.07.